The van der Waals surface area contributed by atoms with Gasteiger partial charge in [-0.25, -0.2) is 0 Å². The van der Waals surface area contributed by atoms with Gasteiger partial charge in [-0.05, 0) is 17.7 Å². The molecule has 0 bridgehead atoms. The number of nitrogens with zero attached hydrogens (tertiary/aromatic N) is 1. The second-order valence-electron chi connectivity index (χ2n) is 4.41. The highest BCUT2D eigenvalue weighted by Gasteiger charge is 2.14. The first kappa shape index (κ1) is 13.4. The zero-order valence-electron chi connectivity index (χ0n) is 11.1. The molecule has 102 valence electrons. The van der Waals surface area contributed by atoms with Gasteiger partial charge in [0.05, 0.1) is 20.1 Å². The number of aliphatic hydroxyl groups is 1. The van der Waals surface area contributed by atoms with Gasteiger partial charge in [0.15, 0.2) is 0 Å². The molecule has 0 radical (unpaired) electrons. The lowest BCUT2D eigenvalue weighted by atomic mass is 10.1. The lowest BCUT2D eigenvalue weighted by molar-refractivity contribution is -0.129. The predicted octanol–water partition coefficient (Wildman–Crippen LogP) is 1.17. The highest BCUT2D eigenvalue weighted by molar-refractivity contribution is 5.93. The van der Waals surface area contributed by atoms with E-state index in [0.717, 1.165) is 22.2 Å². The van der Waals surface area contributed by atoms with Crippen LogP contribution in [0, 0.1) is 0 Å². The number of carbonyl (C=O) groups is 1. The molecule has 0 fully saturated rings. The van der Waals surface area contributed by atoms with Gasteiger partial charge in [-0.1, -0.05) is 6.07 Å². The quantitative estimate of drug-likeness (QED) is 0.850. The molecule has 2 rings (SSSR count). The Morgan fingerprint density at radius 3 is 2.95 bits per heavy atom. The highest BCUT2D eigenvalue weighted by Crippen LogP contribution is 2.28. The van der Waals surface area contributed by atoms with Crippen molar-refractivity contribution in [3.63, 3.8) is 0 Å². The molecule has 0 aliphatic carbocycles. The van der Waals surface area contributed by atoms with E-state index in [2.05, 4.69) is 4.98 Å². The summed E-state index contributed by atoms with van der Waals surface area (Å²) >= 11 is 0. The molecule has 19 heavy (non-hydrogen) atoms. The summed E-state index contributed by atoms with van der Waals surface area (Å²) in [6, 6.07) is 5.73. The molecular weight excluding hydrogens is 244 g/mol. The summed E-state index contributed by atoms with van der Waals surface area (Å²) in [5.74, 6) is 0.729. The topological polar surface area (TPSA) is 65.6 Å². The van der Waals surface area contributed by atoms with Crippen LogP contribution in [0.4, 0.5) is 0 Å². The molecule has 0 aliphatic rings. The Morgan fingerprint density at radius 1 is 1.47 bits per heavy atom. The molecule has 0 spiro atoms. The summed E-state index contributed by atoms with van der Waals surface area (Å²) in [6.45, 7) is 0.317. The van der Waals surface area contributed by atoms with Gasteiger partial charge >= 0.3 is 0 Å². The van der Waals surface area contributed by atoms with Gasteiger partial charge < -0.3 is 19.7 Å². The summed E-state index contributed by atoms with van der Waals surface area (Å²) in [4.78, 5) is 16.7. The van der Waals surface area contributed by atoms with Crippen LogP contribution in [0.1, 0.15) is 5.56 Å². The van der Waals surface area contributed by atoms with Gasteiger partial charge in [-0.3, -0.25) is 4.79 Å². The van der Waals surface area contributed by atoms with Gasteiger partial charge in [-0.2, -0.15) is 0 Å². The maximum absolute atomic E-state index is 12.0. The van der Waals surface area contributed by atoms with Crippen molar-refractivity contribution >= 4 is 16.8 Å². The predicted molar refractivity (Wildman–Crippen MR) is 73.3 cm³/mol. The van der Waals surface area contributed by atoms with Crippen molar-refractivity contribution in [3.8, 4) is 5.75 Å². The molecule has 1 heterocycles. The first-order valence-corrected chi connectivity index (χ1v) is 6.15. The Morgan fingerprint density at radius 2 is 2.26 bits per heavy atom. The van der Waals surface area contributed by atoms with E-state index in [1.807, 2.05) is 24.4 Å². The number of rotatable bonds is 5. The third kappa shape index (κ3) is 2.71. The fraction of sp³-hybridized carbons (Fsp3) is 0.357. The average Bonchev–Trinajstić information content (AvgIpc) is 2.82. The molecular formula is C14H18N2O3. The number of ether oxygens (including phenoxy) is 1. The van der Waals surface area contributed by atoms with E-state index in [1.165, 1.54) is 4.90 Å². The van der Waals surface area contributed by atoms with E-state index in [-0.39, 0.29) is 18.9 Å². The number of methoxy groups -OCH3 is 1. The van der Waals surface area contributed by atoms with Crippen molar-refractivity contribution in [1.82, 2.24) is 9.88 Å². The smallest absolute Gasteiger partial charge is 0.226 e. The van der Waals surface area contributed by atoms with Crippen LogP contribution in [-0.4, -0.2) is 48.2 Å². The van der Waals surface area contributed by atoms with Crippen molar-refractivity contribution in [2.45, 2.75) is 6.42 Å². The van der Waals surface area contributed by atoms with E-state index in [4.69, 9.17) is 9.84 Å². The minimum Gasteiger partial charge on any atom is -0.496 e. The summed E-state index contributed by atoms with van der Waals surface area (Å²) in [5.41, 5.74) is 1.86. The Kier molecular flexibility index (Phi) is 4.06. The fourth-order valence-electron chi connectivity index (χ4n) is 2.10. The van der Waals surface area contributed by atoms with Crippen molar-refractivity contribution in [2.24, 2.45) is 0 Å². The van der Waals surface area contributed by atoms with Crippen LogP contribution in [0.3, 0.4) is 0 Å². The first-order valence-electron chi connectivity index (χ1n) is 6.15. The van der Waals surface area contributed by atoms with Crippen LogP contribution in [0.15, 0.2) is 24.4 Å². The highest BCUT2D eigenvalue weighted by atomic mass is 16.5. The summed E-state index contributed by atoms with van der Waals surface area (Å²) in [6.07, 6.45) is 2.12. The SMILES string of the molecule is COc1cccc2[nH]cc(CC(=O)N(C)CCO)c12. The molecule has 1 aromatic heterocycles. The van der Waals surface area contributed by atoms with E-state index in [9.17, 15) is 4.79 Å². The monoisotopic (exact) mass is 262 g/mol. The van der Waals surface area contributed by atoms with Crippen molar-refractivity contribution in [2.75, 3.05) is 27.3 Å². The summed E-state index contributed by atoms with van der Waals surface area (Å²) < 4.78 is 5.33. The van der Waals surface area contributed by atoms with Crippen LogP contribution in [0.2, 0.25) is 0 Å². The van der Waals surface area contributed by atoms with Gasteiger partial charge in [0.1, 0.15) is 5.75 Å². The van der Waals surface area contributed by atoms with Crippen molar-refractivity contribution < 1.29 is 14.6 Å². The maximum Gasteiger partial charge on any atom is 0.226 e. The standard InChI is InChI=1S/C14H18N2O3/c1-16(6-7-17)13(18)8-10-9-15-11-4-3-5-12(19-2)14(10)11/h3-5,9,15,17H,6-8H2,1-2H3. The number of likely N-dealkylation sites (N-methyl/N-ethyl adjacent to an activating group) is 1. The number of H-pyrrole nitrogens is 1. The number of aliphatic hydroxyl groups excluding tert-OH is 1. The average molecular weight is 262 g/mol. The molecule has 5 heteroatoms. The third-order valence-corrected chi connectivity index (χ3v) is 3.17. The number of amides is 1. The normalized spacial score (nSPS) is 10.7. The van der Waals surface area contributed by atoms with Crippen molar-refractivity contribution in [3.05, 3.63) is 30.0 Å². The fourth-order valence-corrected chi connectivity index (χ4v) is 2.10. The van der Waals surface area contributed by atoms with Crippen LogP contribution in [0.25, 0.3) is 10.9 Å². The lowest BCUT2D eigenvalue weighted by Crippen LogP contribution is -2.30. The minimum absolute atomic E-state index is 0.0270. The van der Waals surface area contributed by atoms with Gasteiger partial charge in [0.2, 0.25) is 5.91 Å². The number of carbonyl (C=O) groups excluding carboxylic acids is 1. The zero-order valence-corrected chi connectivity index (χ0v) is 11.1. The number of fused-ring (bicyclic) bond motifs is 1. The van der Waals surface area contributed by atoms with E-state index in [0.29, 0.717) is 6.54 Å². The Hall–Kier alpha value is -2.01. The number of nitrogens with one attached hydrogen (secondary N) is 1. The maximum atomic E-state index is 12.0. The Labute approximate surface area is 111 Å². The molecule has 0 atom stereocenters. The number of aromatic amines is 1. The number of hydrogen-bond donors (Lipinski definition) is 2. The molecule has 1 amide bonds. The van der Waals surface area contributed by atoms with Crippen LogP contribution < -0.4 is 4.74 Å². The minimum atomic E-state index is -0.0283. The molecule has 5 nitrogen and oxygen atoms in total. The van der Waals surface area contributed by atoms with E-state index < -0.39 is 0 Å². The van der Waals surface area contributed by atoms with Gasteiger partial charge in [0.25, 0.3) is 0 Å². The number of hydrogen-bond acceptors (Lipinski definition) is 3. The second-order valence-corrected chi connectivity index (χ2v) is 4.41. The van der Waals surface area contributed by atoms with E-state index in [1.54, 1.807) is 14.2 Å². The molecule has 1 aromatic carbocycles. The molecule has 0 unspecified atom stereocenters. The second kappa shape index (κ2) is 5.75. The lowest BCUT2D eigenvalue weighted by Gasteiger charge is -2.15. The zero-order chi connectivity index (χ0) is 13.8. The Bertz CT molecular complexity index is 577. The van der Waals surface area contributed by atoms with Gasteiger partial charge in [-0.15, -0.1) is 0 Å². The van der Waals surface area contributed by atoms with Crippen LogP contribution in [0.5, 0.6) is 5.75 Å². The third-order valence-electron chi connectivity index (χ3n) is 3.17. The molecule has 2 N–H and O–H groups in total. The molecule has 2 aromatic rings. The van der Waals surface area contributed by atoms with Gasteiger partial charge in [0, 0.05) is 30.7 Å². The molecule has 0 saturated heterocycles. The largest absolute Gasteiger partial charge is 0.496 e. The first-order chi connectivity index (χ1) is 9.17. The number of benzene rings is 1. The van der Waals surface area contributed by atoms with Crippen molar-refractivity contribution in [1.29, 1.82) is 0 Å². The summed E-state index contributed by atoms with van der Waals surface area (Å²) in [5, 5.41) is 9.79. The number of aromatic nitrogens is 1. The van der Waals surface area contributed by atoms with Crippen LogP contribution >= 0.6 is 0 Å². The van der Waals surface area contributed by atoms with E-state index >= 15 is 0 Å². The molecule has 0 aliphatic heterocycles. The molecule has 0 saturated carbocycles. The van der Waals surface area contributed by atoms with Crippen LogP contribution in [-0.2, 0) is 11.2 Å². The summed E-state index contributed by atoms with van der Waals surface area (Å²) in [7, 11) is 3.30. The Balaban J connectivity index is 2.28.